The highest BCUT2D eigenvalue weighted by atomic mass is 32.1. The summed E-state index contributed by atoms with van der Waals surface area (Å²) in [6.07, 6.45) is 1.57. The van der Waals surface area contributed by atoms with Crippen molar-refractivity contribution in [3.8, 4) is 16.3 Å². The number of aryl methyl sites for hydroxylation is 1. The van der Waals surface area contributed by atoms with E-state index in [9.17, 15) is 9.59 Å². The zero-order valence-corrected chi connectivity index (χ0v) is 15.7. The van der Waals surface area contributed by atoms with Gasteiger partial charge in [0.05, 0.1) is 18.7 Å². The molecule has 1 fully saturated rings. The van der Waals surface area contributed by atoms with E-state index in [0.717, 1.165) is 29.2 Å². The van der Waals surface area contributed by atoms with E-state index in [0.29, 0.717) is 23.7 Å². The van der Waals surface area contributed by atoms with Crippen molar-refractivity contribution < 1.29 is 19.4 Å². The van der Waals surface area contributed by atoms with Crippen LogP contribution in [0.25, 0.3) is 10.6 Å². The van der Waals surface area contributed by atoms with Gasteiger partial charge in [0.1, 0.15) is 15.6 Å². The number of hydrogen-bond donors (Lipinski definition) is 1. The number of benzene rings is 1. The lowest BCUT2D eigenvalue weighted by atomic mass is 10.1. The molecule has 1 aromatic heterocycles. The van der Waals surface area contributed by atoms with Crippen LogP contribution in [0, 0.1) is 6.92 Å². The van der Waals surface area contributed by atoms with Crippen LogP contribution < -0.4 is 4.74 Å². The quantitative estimate of drug-likeness (QED) is 0.836. The van der Waals surface area contributed by atoms with Crippen molar-refractivity contribution in [1.82, 2.24) is 9.88 Å². The second kappa shape index (κ2) is 7.86. The van der Waals surface area contributed by atoms with Crippen molar-refractivity contribution in [2.45, 2.75) is 39.2 Å². The van der Waals surface area contributed by atoms with E-state index >= 15 is 0 Å². The molecule has 26 heavy (non-hydrogen) atoms. The molecule has 1 saturated heterocycles. The van der Waals surface area contributed by atoms with Crippen LogP contribution in [0.2, 0.25) is 0 Å². The van der Waals surface area contributed by atoms with Crippen LogP contribution in [0.15, 0.2) is 24.3 Å². The van der Waals surface area contributed by atoms with Gasteiger partial charge in [-0.2, -0.15) is 0 Å². The topological polar surface area (TPSA) is 79.7 Å². The van der Waals surface area contributed by atoms with Gasteiger partial charge in [-0.3, -0.25) is 9.59 Å². The van der Waals surface area contributed by atoms with Crippen molar-refractivity contribution in [1.29, 1.82) is 0 Å². The molecule has 1 atom stereocenters. The highest BCUT2D eigenvalue weighted by Crippen LogP contribution is 2.32. The fraction of sp³-hybridized carbons (Fsp3) is 0.421. The van der Waals surface area contributed by atoms with Gasteiger partial charge in [0.25, 0.3) is 5.91 Å². The largest absolute Gasteiger partial charge is 0.494 e. The number of carbonyl (C=O) groups excluding carboxylic acids is 1. The van der Waals surface area contributed by atoms with Crippen LogP contribution in [-0.4, -0.2) is 46.1 Å². The molecular formula is C19H22N2O4S. The Bertz CT molecular complexity index is 800. The molecule has 1 aliphatic rings. The number of thiazole rings is 1. The Morgan fingerprint density at radius 2 is 2.08 bits per heavy atom. The minimum absolute atomic E-state index is 0.00462. The van der Waals surface area contributed by atoms with Gasteiger partial charge in [-0.05, 0) is 51.0 Å². The minimum Gasteiger partial charge on any atom is -0.494 e. The summed E-state index contributed by atoms with van der Waals surface area (Å²) in [6.45, 7) is 4.98. The monoisotopic (exact) mass is 374 g/mol. The Kier molecular flexibility index (Phi) is 5.56. The average molecular weight is 374 g/mol. The summed E-state index contributed by atoms with van der Waals surface area (Å²) in [6, 6.07) is 7.41. The third-order valence-corrected chi connectivity index (χ3v) is 5.65. The lowest BCUT2D eigenvalue weighted by Gasteiger charge is -2.22. The molecule has 0 aliphatic carbocycles. The number of aliphatic carboxylic acids is 1. The Morgan fingerprint density at radius 3 is 2.73 bits per heavy atom. The first-order valence-corrected chi connectivity index (χ1v) is 9.54. The number of carbonyl (C=O) groups is 2. The van der Waals surface area contributed by atoms with Gasteiger partial charge < -0.3 is 14.7 Å². The van der Waals surface area contributed by atoms with E-state index in [-0.39, 0.29) is 18.4 Å². The van der Waals surface area contributed by atoms with Crippen LogP contribution in [-0.2, 0) is 4.79 Å². The minimum atomic E-state index is -0.870. The van der Waals surface area contributed by atoms with Gasteiger partial charge in [-0.25, -0.2) is 4.98 Å². The summed E-state index contributed by atoms with van der Waals surface area (Å²) >= 11 is 1.36. The van der Waals surface area contributed by atoms with Crippen LogP contribution in [0.4, 0.5) is 0 Å². The smallest absolute Gasteiger partial charge is 0.305 e. The van der Waals surface area contributed by atoms with E-state index in [1.54, 1.807) is 4.90 Å². The molecule has 1 aromatic carbocycles. The number of carboxylic acids is 1. The first kappa shape index (κ1) is 18.4. The van der Waals surface area contributed by atoms with Crippen molar-refractivity contribution >= 4 is 23.2 Å². The van der Waals surface area contributed by atoms with E-state index < -0.39 is 5.97 Å². The predicted octanol–water partition coefficient (Wildman–Crippen LogP) is 3.60. The van der Waals surface area contributed by atoms with Crippen LogP contribution in [0.5, 0.6) is 5.75 Å². The standard InChI is InChI=1S/C19H22N2O4S/c1-3-25-15-8-6-13(7-9-15)18-20-12(2)17(26-18)19(24)21-10-4-5-14(21)11-16(22)23/h6-9,14H,3-5,10-11H2,1-2H3,(H,22,23). The summed E-state index contributed by atoms with van der Waals surface area (Å²) in [7, 11) is 0. The lowest BCUT2D eigenvalue weighted by Crippen LogP contribution is -2.36. The van der Waals surface area contributed by atoms with Gasteiger partial charge in [0.15, 0.2) is 0 Å². The number of aromatic nitrogens is 1. The number of hydrogen-bond acceptors (Lipinski definition) is 5. The average Bonchev–Trinajstić information content (AvgIpc) is 3.21. The second-order valence-corrected chi connectivity index (χ2v) is 7.28. The zero-order chi connectivity index (χ0) is 18.7. The number of carboxylic acid groups (broad SMARTS) is 1. The summed E-state index contributed by atoms with van der Waals surface area (Å²) in [5.41, 5.74) is 1.62. The molecule has 0 radical (unpaired) electrons. The first-order chi connectivity index (χ1) is 12.5. The highest BCUT2D eigenvalue weighted by Gasteiger charge is 2.32. The third-order valence-electron chi connectivity index (χ3n) is 4.45. The molecule has 1 amide bonds. The van der Waals surface area contributed by atoms with Gasteiger partial charge in [-0.15, -0.1) is 11.3 Å². The van der Waals surface area contributed by atoms with Gasteiger partial charge >= 0.3 is 5.97 Å². The van der Waals surface area contributed by atoms with Gasteiger partial charge in [-0.1, -0.05) is 0 Å². The van der Waals surface area contributed by atoms with Gasteiger partial charge in [0, 0.05) is 18.2 Å². The predicted molar refractivity (Wildman–Crippen MR) is 99.8 cm³/mol. The number of ether oxygens (including phenoxy) is 1. The molecule has 1 N–H and O–H groups in total. The summed E-state index contributed by atoms with van der Waals surface area (Å²) in [5, 5.41) is 9.83. The van der Waals surface area contributed by atoms with Crippen molar-refractivity contribution in [2.75, 3.05) is 13.2 Å². The lowest BCUT2D eigenvalue weighted by molar-refractivity contribution is -0.137. The Balaban J connectivity index is 1.81. The number of amides is 1. The zero-order valence-electron chi connectivity index (χ0n) is 14.9. The van der Waals surface area contributed by atoms with E-state index in [2.05, 4.69) is 4.98 Å². The van der Waals surface area contributed by atoms with E-state index in [1.807, 2.05) is 38.1 Å². The molecule has 1 aliphatic heterocycles. The van der Waals surface area contributed by atoms with Crippen LogP contribution in [0.1, 0.15) is 41.6 Å². The maximum absolute atomic E-state index is 12.9. The molecule has 1 unspecified atom stereocenters. The van der Waals surface area contributed by atoms with Crippen molar-refractivity contribution in [3.05, 3.63) is 34.8 Å². The SMILES string of the molecule is CCOc1ccc(-c2nc(C)c(C(=O)N3CCCC3CC(=O)O)s2)cc1. The van der Waals surface area contributed by atoms with E-state index in [1.165, 1.54) is 11.3 Å². The number of rotatable bonds is 6. The molecule has 0 saturated carbocycles. The fourth-order valence-corrected chi connectivity index (χ4v) is 4.25. The maximum atomic E-state index is 12.9. The molecular weight excluding hydrogens is 352 g/mol. The molecule has 0 bridgehead atoms. The summed E-state index contributed by atoms with van der Waals surface area (Å²) in [5.74, 6) is -0.179. The molecule has 6 nitrogen and oxygen atoms in total. The van der Waals surface area contributed by atoms with Crippen LogP contribution >= 0.6 is 11.3 Å². The highest BCUT2D eigenvalue weighted by molar-refractivity contribution is 7.17. The van der Waals surface area contributed by atoms with Gasteiger partial charge in [0.2, 0.25) is 0 Å². The third kappa shape index (κ3) is 3.88. The normalized spacial score (nSPS) is 16.7. The molecule has 138 valence electrons. The number of likely N-dealkylation sites (tertiary alicyclic amines) is 1. The fourth-order valence-electron chi connectivity index (χ4n) is 3.23. The molecule has 2 aromatic rings. The molecule has 2 heterocycles. The van der Waals surface area contributed by atoms with Crippen molar-refractivity contribution in [3.63, 3.8) is 0 Å². The summed E-state index contributed by atoms with van der Waals surface area (Å²) in [4.78, 5) is 30.8. The first-order valence-electron chi connectivity index (χ1n) is 8.73. The van der Waals surface area contributed by atoms with Crippen molar-refractivity contribution in [2.24, 2.45) is 0 Å². The molecule has 7 heteroatoms. The van der Waals surface area contributed by atoms with E-state index in [4.69, 9.17) is 9.84 Å². The Labute approximate surface area is 156 Å². The summed E-state index contributed by atoms with van der Waals surface area (Å²) < 4.78 is 5.45. The number of nitrogens with zero attached hydrogens (tertiary/aromatic N) is 2. The molecule has 3 rings (SSSR count). The Morgan fingerprint density at radius 1 is 1.35 bits per heavy atom. The Hall–Kier alpha value is -2.41. The van der Waals surface area contributed by atoms with Crippen LogP contribution in [0.3, 0.4) is 0 Å². The molecule has 0 spiro atoms. The second-order valence-electron chi connectivity index (χ2n) is 6.28. The maximum Gasteiger partial charge on any atom is 0.305 e.